The molecule has 0 radical (unpaired) electrons. The summed E-state index contributed by atoms with van der Waals surface area (Å²) in [6.07, 6.45) is 4.33. The lowest BCUT2D eigenvalue weighted by molar-refractivity contribution is -0.113. The molecule has 0 fully saturated rings. The molecule has 0 aliphatic heterocycles. The zero-order valence-electron chi connectivity index (χ0n) is 23.0. The van der Waals surface area contributed by atoms with Gasteiger partial charge >= 0.3 is 0 Å². The van der Waals surface area contributed by atoms with Crippen molar-refractivity contribution in [2.75, 3.05) is 5.32 Å². The van der Waals surface area contributed by atoms with Crippen molar-refractivity contribution in [2.45, 2.75) is 0 Å². The molecule has 210 valence electrons. The first-order chi connectivity index (χ1) is 21.0. The van der Waals surface area contributed by atoms with Gasteiger partial charge in [-0.25, -0.2) is 4.39 Å². The summed E-state index contributed by atoms with van der Waals surface area (Å²) >= 11 is 0. The van der Waals surface area contributed by atoms with E-state index in [1.807, 2.05) is 54.6 Å². The fraction of sp³-hybridized carbons (Fsp3) is 0. The first kappa shape index (κ1) is 28.6. The van der Waals surface area contributed by atoms with Gasteiger partial charge in [0, 0.05) is 22.4 Å². The zero-order valence-corrected chi connectivity index (χ0v) is 23.0. The zero-order chi connectivity index (χ0) is 30.0. The highest BCUT2D eigenvalue weighted by molar-refractivity contribution is 6.11. The number of ketones is 1. The monoisotopic (exact) mass is 566 g/mol. The lowest BCUT2D eigenvalue weighted by Crippen LogP contribution is -2.30. The Bertz CT molecular complexity index is 1800. The van der Waals surface area contributed by atoms with Gasteiger partial charge in [0.25, 0.3) is 11.8 Å². The molecule has 43 heavy (non-hydrogen) atoms. The molecule has 0 spiro atoms. The van der Waals surface area contributed by atoms with Gasteiger partial charge in [0.2, 0.25) is 0 Å². The van der Waals surface area contributed by atoms with E-state index in [2.05, 4.69) is 10.6 Å². The fourth-order valence-electron chi connectivity index (χ4n) is 4.30. The minimum absolute atomic E-state index is 0.0503. The smallest absolute Gasteiger partial charge is 0.272 e. The molecule has 0 heterocycles. The average molecular weight is 567 g/mol. The van der Waals surface area contributed by atoms with Crippen LogP contribution < -0.4 is 10.6 Å². The van der Waals surface area contributed by atoms with Gasteiger partial charge in [-0.05, 0) is 77.4 Å². The van der Waals surface area contributed by atoms with E-state index in [0.717, 1.165) is 16.7 Å². The molecule has 5 nitrogen and oxygen atoms in total. The maximum absolute atomic E-state index is 13.8. The van der Waals surface area contributed by atoms with E-state index in [9.17, 15) is 18.8 Å². The van der Waals surface area contributed by atoms with Gasteiger partial charge in [-0.3, -0.25) is 14.4 Å². The summed E-state index contributed by atoms with van der Waals surface area (Å²) in [5.74, 6) is -1.68. The number of hydrogen-bond donors (Lipinski definition) is 2. The van der Waals surface area contributed by atoms with Crippen molar-refractivity contribution in [3.63, 3.8) is 0 Å². The van der Waals surface area contributed by atoms with Gasteiger partial charge in [0.15, 0.2) is 5.78 Å². The van der Waals surface area contributed by atoms with Gasteiger partial charge in [0.05, 0.1) is 0 Å². The van der Waals surface area contributed by atoms with Crippen LogP contribution in [0.15, 0.2) is 145 Å². The second-order valence-corrected chi connectivity index (χ2v) is 9.62. The largest absolute Gasteiger partial charge is 0.321 e. The molecule has 0 bridgehead atoms. The van der Waals surface area contributed by atoms with Gasteiger partial charge in [0.1, 0.15) is 11.5 Å². The first-order valence-electron chi connectivity index (χ1n) is 13.6. The second-order valence-electron chi connectivity index (χ2n) is 9.62. The van der Waals surface area contributed by atoms with E-state index < -0.39 is 17.6 Å². The third kappa shape index (κ3) is 7.65. The van der Waals surface area contributed by atoms with Crippen molar-refractivity contribution < 1.29 is 18.8 Å². The average Bonchev–Trinajstić information content (AvgIpc) is 3.05. The topological polar surface area (TPSA) is 75.3 Å². The number of nitrogens with one attached hydrogen (secondary N) is 2. The molecule has 6 heteroatoms. The van der Waals surface area contributed by atoms with E-state index in [-0.39, 0.29) is 11.5 Å². The first-order valence-corrected chi connectivity index (χ1v) is 13.6. The predicted molar refractivity (Wildman–Crippen MR) is 169 cm³/mol. The summed E-state index contributed by atoms with van der Waals surface area (Å²) in [5, 5.41) is 5.52. The third-order valence-electron chi connectivity index (χ3n) is 6.60. The maximum Gasteiger partial charge on any atom is 0.272 e. The summed E-state index contributed by atoms with van der Waals surface area (Å²) < 4.78 is 13.8. The lowest BCUT2D eigenvalue weighted by atomic mass is 10.0. The number of hydrogen-bond acceptors (Lipinski definition) is 3. The molecule has 0 saturated carbocycles. The normalized spacial score (nSPS) is 11.2. The number of halogens is 1. The molecule has 5 aromatic rings. The molecule has 0 saturated heterocycles. The van der Waals surface area contributed by atoms with E-state index in [0.29, 0.717) is 22.4 Å². The van der Waals surface area contributed by atoms with Crippen LogP contribution in [0, 0.1) is 5.82 Å². The molecule has 2 N–H and O–H groups in total. The molecule has 0 unspecified atom stereocenters. The summed E-state index contributed by atoms with van der Waals surface area (Å²) in [6.45, 7) is 0. The summed E-state index contributed by atoms with van der Waals surface area (Å²) in [6, 6.07) is 38.7. The van der Waals surface area contributed by atoms with Crippen LogP contribution in [-0.2, 0) is 4.79 Å². The predicted octanol–water partition coefficient (Wildman–Crippen LogP) is 7.80. The van der Waals surface area contributed by atoms with Crippen LogP contribution in [-0.4, -0.2) is 17.6 Å². The maximum atomic E-state index is 13.8. The molecule has 0 aromatic heterocycles. The Labute approximate surface area is 249 Å². The molecular formula is C37H27FN2O3. The van der Waals surface area contributed by atoms with E-state index >= 15 is 0 Å². The molecule has 5 aromatic carbocycles. The van der Waals surface area contributed by atoms with Crippen LogP contribution in [0.25, 0.3) is 23.3 Å². The number of amides is 2. The van der Waals surface area contributed by atoms with Crippen LogP contribution in [0.4, 0.5) is 10.1 Å². The molecule has 0 aliphatic carbocycles. The van der Waals surface area contributed by atoms with Gasteiger partial charge in [-0.2, -0.15) is 0 Å². The van der Waals surface area contributed by atoms with Crippen LogP contribution >= 0.6 is 0 Å². The third-order valence-corrected chi connectivity index (χ3v) is 6.60. The minimum Gasteiger partial charge on any atom is -0.321 e. The molecular weight excluding hydrogens is 539 g/mol. The van der Waals surface area contributed by atoms with Crippen molar-refractivity contribution in [3.05, 3.63) is 173 Å². The molecule has 0 aliphatic rings. The highest BCUT2D eigenvalue weighted by Gasteiger charge is 2.15. The van der Waals surface area contributed by atoms with Crippen molar-refractivity contribution in [1.82, 2.24) is 5.32 Å². The Morgan fingerprint density at radius 2 is 1.21 bits per heavy atom. The summed E-state index contributed by atoms with van der Waals surface area (Å²) in [5.41, 5.74) is 4.39. The van der Waals surface area contributed by atoms with Crippen molar-refractivity contribution >= 4 is 35.4 Å². The van der Waals surface area contributed by atoms with E-state index in [4.69, 9.17) is 0 Å². The number of anilines is 1. The minimum atomic E-state index is -0.532. The Morgan fingerprint density at radius 3 is 1.88 bits per heavy atom. The quantitative estimate of drug-likeness (QED) is 0.141. The van der Waals surface area contributed by atoms with Crippen LogP contribution in [0.5, 0.6) is 0 Å². The SMILES string of the molecule is O=C(Nc1ccc(C(=O)/C=C/c2ccccc2F)cc1)/C(=C/c1ccc(-c2ccccc2)cc1)NC(=O)c1ccccc1. The number of allylic oxidation sites excluding steroid dienone is 1. The van der Waals surface area contributed by atoms with Crippen molar-refractivity contribution in [3.8, 4) is 11.1 Å². The Kier molecular flexibility index (Phi) is 9.10. The highest BCUT2D eigenvalue weighted by Crippen LogP contribution is 2.21. The van der Waals surface area contributed by atoms with Crippen molar-refractivity contribution in [2.24, 2.45) is 0 Å². The number of benzene rings is 5. The Hall–Kier alpha value is -5.88. The van der Waals surface area contributed by atoms with Crippen LogP contribution in [0.3, 0.4) is 0 Å². The van der Waals surface area contributed by atoms with Gasteiger partial charge in [-0.1, -0.05) is 91.0 Å². The van der Waals surface area contributed by atoms with Gasteiger partial charge < -0.3 is 10.6 Å². The van der Waals surface area contributed by atoms with Crippen molar-refractivity contribution in [1.29, 1.82) is 0 Å². The second kappa shape index (κ2) is 13.7. The molecule has 5 rings (SSSR count). The number of carbonyl (C=O) groups is 3. The highest BCUT2D eigenvalue weighted by atomic mass is 19.1. The standard InChI is InChI=1S/C37H27FN2O3/c38-33-14-8-7-11-29(33)21-24-35(41)30-19-22-32(23-20-30)39-37(43)34(40-36(42)31-12-5-2-6-13-31)25-26-15-17-28(18-16-26)27-9-3-1-4-10-27/h1-25H,(H,39,43)(H,40,42)/b24-21+,34-25-. The van der Waals surface area contributed by atoms with E-state index in [1.54, 1.807) is 78.9 Å². The summed E-state index contributed by atoms with van der Waals surface area (Å²) in [7, 11) is 0. The lowest BCUT2D eigenvalue weighted by Gasteiger charge is -2.12. The number of carbonyl (C=O) groups excluding carboxylic acids is 3. The Morgan fingerprint density at radius 1 is 0.605 bits per heavy atom. The molecule has 2 amide bonds. The van der Waals surface area contributed by atoms with Gasteiger partial charge in [-0.15, -0.1) is 0 Å². The number of rotatable bonds is 9. The Balaban J connectivity index is 1.33. The van der Waals surface area contributed by atoms with Crippen LogP contribution in [0.1, 0.15) is 31.8 Å². The summed E-state index contributed by atoms with van der Waals surface area (Å²) in [4.78, 5) is 38.9. The molecule has 0 atom stereocenters. The van der Waals surface area contributed by atoms with Crippen LogP contribution in [0.2, 0.25) is 0 Å². The van der Waals surface area contributed by atoms with E-state index in [1.165, 1.54) is 18.2 Å². The fourth-order valence-corrected chi connectivity index (χ4v) is 4.30.